The van der Waals surface area contributed by atoms with E-state index in [1.54, 1.807) is 13.0 Å². The van der Waals surface area contributed by atoms with Crippen LogP contribution in [0, 0.1) is 12.7 Å². The Labute approximate surface area is 129 Å². The Bertz CT molecular complexity index is 420. The van der Waals surface area contributed by atoms with Crippen LogP contribution in [0.25, 0.3) is 0 Å². The molecule has 0 aliphatic carbocycles. The van der Waals surface area contributed by atoms with Gasteiger partial charge in [-0.25, -0.2) is 4.39 Å². The van der Waals surface area contributed by atoms with Crippen molar-refractivity contribution >= 4 is 0 Å². The van der Waals surface area contributed by atoms with E-state index in [0.29, 0.717) is 23.6 Å². The van der Waals surface area contributed by atoms with Crippen molar-refractivity contribution in [2.24, 2.45) is 0 Å². The molecule has 0 radical (unpaired) electrons. The van der Waals surface area contributed by atoms with E-state index in [4.69, 9.17) is 0 Å². The molecule has 0 heterocycles. The van der Waals surface area contributed by atoms with Gasteiger partial charge in [0.25, 0.3) is 0 Å². The number of hydrogen-bond acceptors (Lipinski definition) is 2. The van der Waals surface area contributed by atoms with Crippen LogP contribution in [0.4, 0.5) is 4.39 Å². The van der Waals surface area contributed by atoms with Crippen LogP contribution < -0.4 is 0 Å². The molecule has 0 saturated carbocycles. The zero-order chi connectivity index (χ0) is 15.8. The highest BCUT2D eigenvalue weighted by Crippen LogP contribution is 2.20. The molecule has 1 N–H and O–H groups in total. The molecule has 0 fully saturated rings. The van der Waals surface area contributed by atoms with E-state index in [0.717, 1.165) is 13.1 Å². The Balaban J connectivity index is 2.51. The van der Waals surface area contributed by atoms with Crippen molar-refractivity contribution in [3.8, 4) is 0 Å². The molecule has 21 heavy (non-hydrogen) atoms. The van der Waals surface area contributed by atoms with Gasteiger partial charge in [0.2, 0.25) is 0 Å². The van der Waals surface area contributed by atoms with Gasteiger partial charge in [0.1, 0.15) is 5.82 Å². The van der Waals surface area contributed by atoms with Crippen molar-refractivity contribution in [1.82, 2.24) is 4.90 Å². The first-order chi connectivity index (χ1) is 9.95. The quantitative estimate of drug-likeness (QED) is 0.680. The molecule has 0 aromatic heterocycles. The van der Waals surface area contributed by atoms with E-state index >= 15 is 0 Å². The normalized spacial score (nSPS) is 13.1. The molecular weight excluding hydrogens is 265 g/mol. The summed E-state index contributed by atoms with van der Waals surface area (Å²) in [5.41, 5.74) is 1.30. The molecule has 0 spiro atoms. The van der Waals surface area contributed by atoms with Crippen LogP contribution in [0.3, 0.4) is 0 Å². The highest BCUT2D eigenvalue weighted by Gasteiger charge is 2.14. The van der Waals surface area contributed by atoms with Crippen molar-refractivity contribution in [3.05, 3.63) is 35.1 Å². The average Bonchev–Trinajstić information content (AvgIpc) is 2.44. The number of aliphatic hydroxyl groups is 1. The molecule has 0 bridgehead atoms. The topological polar surface area (TPSA) is 23.5 Å². The third kappa shape index (κ3) is 6.15. The summed E-state index contributed by atoms with van der Waals surface area (Å²) in [5, 5.41) is 10.2. The first kappa shape index (κ1) is 18.1. The molecule has 0 amide bonds. The fraction of sp³-hybridized carbons (Fsp3) is 0.667. The van der Waals surface area contributed by atoms with Gasteiger partial charge in [-0.15, -0.1) is 0 Å². The number of nitrogens with zero attached hydrogens (tertiary/aromatic N) is 1. The highest BCUT2D eigenvalue weighted by atomic mass is 19.1. The molecule has 0 saturated heterocycles. The Hall–Kier alpha value is -0.930. The van der Waals surface area contributed by atoms with Gasteiger partial charge < -0.3 is 10.0 Å². The molecule has 0 aliphatic heterocycles. The van der Waals surface area contributed by atoms with Gasteiger partial charge in [-0.3, -0.25) is 0 Å². The summed E-state index contributed by atoms with van der Waals surface area (Å²) in [5.74, 6) is -0.241. The van der Waals surface area contributed by atoms with Crippen LogP contribution in [0.1, 0.15) is 63.7 Å². The molecular formula is C18H30FNO. The van der Waals surface area contributed by atoms with Crippen LogP contribution in [0.2, 0.25) is 0 Å². The first-order valence-corrected chi connectivity index (χ1v) is 8.13. The monoisotopic (exact) mass is 295 g/mol. The molecule has 1 atom stereocenters. The van der Waals surface area contributed by atoms with Gasteiger partial charge in [0, 0.05) is 12.6 Å². The van der Waals surface area contributed by atoms with Crippen LogP contribution in [-0.4, -0.2) is 29.1 Å². The number of hydrogen-bond donors (Lipinski definition) is 1. The average molecular weight is 295 g/mol. The second kappa shape index (κ2) is 9.16. The van der Waals surface area contributed by atoms with Gasteiger partial charge >= 0.3 is 0 Å². The van der Waals surface area contributed by atoms with Crippen LogP contribution in [-0.2, 0) is 0 Å². The Morgan fingerprint density at radius 3 is 2.48 bits per heavy atom. The lowest BCUT2D eigenvalue weighted by Gasteiger charge is -2.27. The maximum Gasteiger partial charge on any atom is 0.126 e. The number of benzene rings is 1. The fourth-order valence-corrected chi connectivity index (χ4v) is 2.46. The van der Waals surface area contributed by atoms with E-state index in [1.165, 1.54) is 25.3 Å². The van der Waals surface area contributed by atoms with Crippen molar-refractivity contribution < 1.29 is 9.50 Å². The number of aliphatic hydroxyl groups excluding tert-OH is 1. The summed E-state index contributed by atoms with van der Waals surface area (Å²) >= 11 is 0. The molecule has 1 rings (SSSR count). The summed E-state index contributed by atoms with van der Waals surface area (Å²) < 4.78 is 13.6. The molecule has 1 aromatic rings. The van der Waals surface area contributed by atoms with Gasteiger partial charge in [-0.05, 0) is 57.4 Å². The van der Waals surface area contributed by atoms with Crippen molar-refractivity contribution in [1.29, 1.82) is 0 Å². The second-order valence-electron chi connectivity index (χ2n) is 6.15. The van der Waals surface area contributed by atoms with Gasteiger partial charge in [-0.1, -0.05) is 31.9 Å². The Morgan fingerprint density at radius 1 is 1.19 bits per heavy atom. The summed E-state index contributed by atoms with van der Waals surface area (Å²) in [6, 6.07) is 5.48. The highest BCUT2D eigenvalue weighted by molar-refractivity contribution is 5.24. The molecule has 1 unspecified atom stereocenters. The van der Waals surface area contributed by atoms with Crippen LogP contribution in [0.15, 0.2) is 18.2 Å². The fourth-order valence-electron chi connectivity index (χ4n) is 2.46. The standard InChI is InChI=1S/C18H30FNO/c1-5-6-7-11-20(14(2)3)12-10-18(21)16-9-8-15(4)17(19)13-16/h8-9,13-14,18,21H,5-7,10-12H2,1-4H3. The summed E-state index contributed by atoms with van der Waals surface area (Å²) in [4.78, 5) is 2.39. The minimum Gasteiger partial charge on any atom is -0.388 e. The van der Waals surface area contributed by atoms with Gasteiger partial charge in [-0.2, -0.15) is 0 Å². The van der Waals surface area contributed by atoms with E-state index in [1.807, 2.05) is 6.07 Å². The minimum absolute atomic E-state index is 0.241. The number of aryl methyl sites for hydroxylation is 1. The largest absolute Gasteiger partial charge is 0.388 e. The van der Waals surface area contributed by atoms with Gasteiger partial charge in [0.15, 0.2) is 0 Å². The predicted molar refractivity (Wildman–Crippen MR) is 86.9 cm³/mol. The van der Waals surface area contributed by atoms with E-state index in [2.05, 4.69) is 25.7 Å². The smallest absolute Gasteiger partial charge is 0.126 e. The lowest BCUT2D eigenvalue weighted by molar-refractivity contribution is 0.129. The zero-order valence-corrected chi connectivity index (χ0v) is 13.9. The lowest BCUT2D eigenvalue weighted by Crippen LogP contribution is -2.33. The first-order valence-electron chi connectivity index (χ1n) is 8.13. The summed E-state index contributed by atoms with van der Waals surface area (Å²) in [7, 11) is 0. The molecule has 0 aliphatic rings. The van der Waals surface area contributed by atoms with E-state index in [-0.39, 0.29) is 5.82 Å². The second-order valence-corrected chi connectivity index (χ2v) is 6.15. The third-order valence-corrected chi connectivity index (χ3v) is 4.05. The number of halogens is 1. The Morgan fingerprint density at radius 2 is 1.90 bits per heavy atom. The number of unbranched alkanes of at least 4 members (excludes halogenated alkanes) is 2. The predicted octanol–water partition coefficient (Wildman–Crippen LogP) is 4.46. The molecule has 2 nitrogen and oxygen atoms in total. The molecule has 120 valence electrons. The number of rotatable bonds is 9. The van der Waals surface area contributed by atoms with Crippen LogP contribution >= 0.6 is 0 Å². The molecule has 1 aromatic carbocycles. The van der Waals surface area contributed by atoms with E-state index in [9.17, 15) is 9.50 Å². The Kier molecular flexibility index (Phi) is 7.91. The SMILES string of the molecule is CCCCCN(CCC(O)c1ccc(C)c(F)c1)C(C)C. The van der Waals surface area contributed by atoms with Crippen molar-refractivity contribution in [2.45, 2.75) is 65.5 Å². The minimum atomic E-state index is -0.590. The van der Waals surface area contributed by atoms with E-state index < -0.39 is 6.10 Å². The maximum absolute atomic E-state index is 13.6. The summed E-state index contributed by atoms with van der Waals surface area (Å²) in [6.07, 6.45) is 3.72. The third-order valence-electron chi connectivity index (χ3n) is 4.05. The molecule has 3 heteroatoms. The van der Waals surface area contributed by atoms with Crippen molar-refractivity contribution in [2.75, 3.05) is 13.1 Å². The lowest BCUT2D eigenvalue weighted by atomic mass is 10.0. The zero-order valence-electron chi connectivity index (χ0n) is 13.9. The van der Waals surface area contributed by atoms with Crippen LogP contribution in [0.5, 0.6) is 0 Å². The van der Waals surface area contributed by atoms with Gasteiger partial charge in [0.05, 0.1) is 6.10 Å². The van der Waals surface area contributed by atoms with Crippen molar-refractivity contribution in [3.63, 3.8) is 0 Å². The summed E-state index contributed by atoms with van der Waals surface area (Å²) in [6.45, 7) is 10.2. The maximum atomic E-state index is 13.6.